The van der Waals surface area contributed by atoms with E-state index in [4.69, 9.17) is 0 Å². The number of hydrogen-bond donors (Lipinski definition) is 1. The molecule has 0 rings (SSSR count). The van der Waals surface area contributed by atoms with Gasteiger partial charge >= 0.3 is 0 Å². The summed E-state index contributed by atoms with van der Waals surface area (Å²) in [6.07, 6.45) is 5.60. The molecule has 66 valence electrons. The van der Waals surface area contributed by atoms with E-state index in [1.165, 1.54) is 12.8 Å². The van der Waals surface area contributed by atoms with Crippen LogP contribution in [0.3, 0.4) is 0 Å². The second kappa shape index (κ2) is 6.41. The van der Waals surface area contributed by atoms with E-state index in [9.17, 15) is 0 Å². The number of rotatable bonds is 6. The van der Waals surface area contributed by atoms with Gasteiger partial charge in [0.2, 0.25) is 0 Å². The molecule has 0 saturated carbocycles. The summed E-state index contributed by atoms with van der Waals surface area (Å²) in [4.78, 5) is 0. The van der Waals surface area contributed by atoms with Crippen LogP contribution in [0.5, 0.6) is 0 Å². The highest BCUT2D eigenvalue weighted by Gasteiger charge is 2.06. The molecular formula is C10H21N. The third-order valence-electron chi connectivity index (χ3n) is 1.88. The summed E-state index contributed by atoms with van der Waals surface area (Å²) >= 11 is 0. The third-order valence-corrected chi connectivity index (χ3v) is 1.88. The minimum atomic E-state index is 0.674. The molecule has 11 heavy (non-hydrogen) atoms. The molecule has 1 nitrogen and oxygen atoms in total. The predicted molar refractivity (Wildman–Crippen MR) is 51.7 cm³/mol. The molecule has 0 radical (unpaired) electrons. The summed E-state index contributed by atoms with van der Waals surface area (Å²) in [5.41, 5.74) is 0. The van der Waals surface area contributed by atoms with Gasteiger partial charge in [-0.2, -0.15) is 0 Å². The zero-order chi connectivity index (χ0) is 8.69. The van der Waals surface area contributed by atoms with Gasteiger partial charge in [-0.3, -0.25) is 0 Å². The maximum atomic E-state index is 3.72. The van der Waals surface area contributed by atoms with E-state index < -0.39 is 0 Å². The Kier molecular flexibility index (Phi) is 6.24. The maximum absolute atomic E-state index is 3.72. The van der Waals surface area contributed by atoms with Crippen molar-refractivity contribution in [2.45, 2.75) is 39.2 Å². The topological polar surface area (TPSA) is 12.0 Å². The van der Waals surface area contributed by atoms with Crippen LogP contribution in [0.25, 0.3) is 0 Å². The maximum Gasteiger partial charge on any atom is 0.00694 e. The first-order chi connectivity index (χ1) is 5.20. The Hall–Kier alpha value is -0.300. The molecule has 0 aliphatic carbocycles. The van der Waals surface area contributed by atoms with Crippen molar-refractivity contribution in [3.8, 4) is 0 Å². The van der Waals surface area contributed by atoms with E-state index in [1.807, 2.05) is 13.1 Å². The van der Waals surface area contributed by atoms with Crippen LogP contribution >= 0.6 is 0 Å². The quantitative estimate of drug-likeness (QED) is 0.581. The fourth-order valence-electron chi connectivity index (χ4n) is 1.27. The first kappa shape index (κ1) is 10.7. The Morgan fingerprint density at radius 1 is 1.45 bits per heavy atom. The van der Waals surface area contributed by atoms with E-state index in [1.54, 1.807) is 0 Å². The van der Waals surface area contributed by atoms with Gasteiger partial charge in [-0.15, -0.1) is 6.58 Å². The minimum absolute atomic E-state index is 0.674. The fraction of sp³-hybridized carbons (Fsp3) is 0.800. The van der Waals surface area contributed by atoms with Gasteiger partial charge in [0.15, 0.2) is 0 Å². The van der Waals surface area contributed by atoms with Crippen molar-refractivity contribution in [3.05, 3.63) is 12.7 Å². The van der Waals surface area contributed by atoms with Crippen LogP contribution in [0.15, 0.2) is 12.7 Å². The monoisotopic (exact) mass is 155 g/mol. The molecule has 0 heterocycles. The van der Waals surface area contributed by atoms with Crippen molar-refractivity contribution >= 4 is 0 Å². The summed E-state index contributed by atoms with van der Waals surface area (Å²) in [7, 11) is 2.04. The van der Waals surface area contributed by atoms with Crippen LogP contribution in [0.2, 0.25) is 0 Å². The van der Waals surface area contributed by atoms with Gasteiger partial charge in [-0.25, -0.2) is 0 Å². The highest BCUT2D eigenvalue weighted by molar-refractivity contribution is 4.73. The summed E-state index contributed by atoms with van der Waals surface area (Å²) in [6.45, 7) is 8.24. The molecule has 0 aromatic rings. The average molecular weight is 155 g/mol. The van der Waals surface area contributed by atoms with Crippen LogP contribution in [0.4, 0.5) is 0 Å². The van der Waals surface area contributed by atoms with Gasteiger partial charge in [0.1, 0.15) is 0 Å². The minimum Gasteiger partial charge on any atom is -0.317 e. The molecular weight excluding hydrogens is 134 g/mol. The molecule has 1 heteroatoms. The second-order valence-corrected chi connectivity index (χ2v) is 3.48. The van der Waals surface area contributed by atoms with Gasteiger partial charge in [0.25, 0.3) is 0 Å². The van der Waals surface area contributed by atoms with Gasteiger partial charge in [-0.05, 0) is 32.2 Å². The SMILES string of the molecule is C=CCCC(CC(C)C)NC. The fourth-order valence-corrected chi connectivity index (χ4v) is 1.27. The lowest BCUT2D eigenvalue weighted by atomic mass is 10.00. The van der Waals surface area contributed by atoms with Crippen LogP contribution in [-0.4, -0.2) is 13.1 Å². The number of nitrogens with one attached hydrogen (secondary N) is 1. The van der Waals surface area contributed by atoms with Crippen LogP contribution in [-0.2, 0) is 0 Å². The van der Waals surface area contributed by atoms with Crippen molar-refractivity contribution in [1.82, 2.24) is 5.32 Å². The van der Waals surface area contributed by atoms with E-state index in [2.05, 4.69) is 25.7 Å². The second-order valence-electron chi connectivity index (χ2n) is 3.48. The Labute approximate surface area is 70.9 Å². The Morgan fingerprint density at radius 3 is 2.45 bits per heavy atom. The van der Waals surface area contributed by atoms with Crippen molar-refractivity contribution in [1.29, 1.82) is 0 Å². The molecule has 0 aliphatic heterocycles. The van der Waals surface area contributed by atoms with Gasteiger partial charge < -0.3 is 5.32 Å². The zero-order valence-electron chi connectivity index (χ0n) is 8.06. The Bertz CT molecular complexity index is 97.0. The molecule has 1 N–H and O–H groups in total. The largest absolute Gasteiger partial charge is 0.317 e. The number of hydrogen-bond acceptors (Lipinski definition) is 1. The molecule has 0 bridgehead atoms. The van der Waals surface area contributed by atoms with Gasteiger partial charge in [-0.1, -0.05) is 19.9 Å². The predicted octanol–water partition coefficient (Wildman–Crippen LogP) is 2.59. The molecule has 1 unspecified atom stereocenters. The van der Waals surface area contributed by atoms with Crippen molar-refractivity contribution in [2.75, 3.05) is 7.05 Å². The lowest BCUT2D eigenvalue weighted by molar-refractivity contribution is 0.424. The Balaban J connectivity index is 3.48. The molecule has 0 fully saturated rings. The molecule has 0 amide bonds. The molecule has 0 aromatic heterocycles. The average Bonchev–Trinajstić information content (AvgIpc) is 1.97. The standard InChI is InChI=1S/C10H21N/c1-5-6-7-10(11-4)8-9(2)3/h5,9-11H,1,6-8H2,2-4H3. The van der Waals surface area contributed by atoms with Gasteiger partial charge in [0, 0.05) is 6.04 Å². The van der Waals surface area contributed by atoms with E-state index in [0.29, 0.717) is 6.04 Å². The summed E-state index contributed by atoms with van der Waals surface area (Å²) < 4.78 is 0. The van der Waals surface area contributed by atoms with Crippen LogP contribution in [0.1, 0.15) is 33.1 Å². The lowest BCUT2D eigenvalue weighted by Crippen LogP contribution is -2.26. The van der Waals surface area contributed by atoms with Crippen molar-refractivity contribution in [2.24, 2.45) is 5.92 Å². The highest BCUT2D eigenvalue weighted by Crippen LogP contribution is 2.09. The Morgan fingerprint density at radius 2 is 2.09 bits per heavy atom. The molecule has 1 atom stereocenters. The molecule has 0 aliphatic rings. The lowest BCUT2D eigenvalue weighted by Gasteiger charge is -2.16. The van der Waals surface area contributed by atoms with Crippen LogP contribution < -0.4 is 5.32 Å². The van der Waals surface area contributed by atoms with Crippen LogP contribution in [0, 0.1) is 5.92 Å². The van der Waals surface area contributed by atoms with E-state index in [0.717, 1.165) is 12.3 Å². The van der Waals surface area contributed by atoms with Crippen molar-refractivity contribution < 1.29 is 0 Å². The normalized spacial score (nSPS) is 13.5. The van der Waals surface area contributed by atoms with E-state index in [-0.39, 0.29) is 0 Å². The first-order valence-corrected chi connectivity index (χ1v) is 4.48. The third kappa shape index (κ3) is 6.11. The summed E-state index contributed by atoms with van der Waals surface area (Å²) in [5, 5.41) is 3.32. The molecule has 0 saturated heterocycles. The number of allylic oxidation sites excluding steroid dienone is 1. The molecule has 0 aromatic carbocycles. The van der Waals surface area contributed by atoms with E-state index >= 15 is 0 Å². The first-order valence-electron chi connectivity index (χ1n) is 4.48. The van der Waals surface area contributed by atoms with Gasteiger partial charge in [0.05, 0.1) is 0 Å². The highest BCUT2D eigenvalue weighted by atomic mass is 14.9. The molecule has 0 spiro atoms. The zero-order valence-corrected chi connectivity index (χ0v) is 8.06. The summed E-state index contributed by atoms with van der Waals surface area (Å²) in [5.74, 6) is 0.789. The smallest absolute Gasteiger partial charge is 0.00694 e. The summed E-state index contributed by atoms with van der Waals surface area (Å²) in [6, 6.07) is 0.674. The van der Waals surface area contributed by atoms with Crippen molar-refractivity contribution in [3.63, 3.8) is 0 Å².